The number of aryl methyl sites for hydroxylation is 1. The van der Waals surface area contributed by atoms with E-state index in [4.69, 9.17) is 16.7 Å². The molecule has 8 nitrogen and oxygen atoms in total. The van der Waals surface area contributed by atoms with Crippen molar-refractivity contribution in [3.63, 3.8) is 0 Å². The minimum atomic E-state index is -1.44. The standard InChI is InChI=1S/C12H7ClFN5O3/c1-18-8(3-15-17-18)19-4-6(12(21)22)9(20)5-2-7(14)10(13)16-11(5)19/h2-4H,1H3,(H,21,22). The quantitative estimate of drug-likeness (QED) is 0.706. The van der Waals surface area contributed by atoms with E-state index in [-0.39, 0.29) is 11.0 Å². The molecule has 10 heteroatoms. The Morgan fingerprint density at radius 1 is 1.45 bits per heavy atom. The first kappa shape index (κ1) is 14.1. The number of aromatic nitrogens is 5. The summed E-state index contributed by atoms with van der Waals surface area (Å²) in [6.07, 6.45) is 2.42. The predicted molar refractivity (Wildman–Crippen MR) is 73.8 cm³/mol. The lowest BCUT2D eigenvalue weighted by Gasteiger charge is -2.11. The van der Waals surface area contributed by atoms with Crippen molar-refractivity contribution < 1.29 is 14.3 Å². The summed E-state index contributed by atoms with van der Waals surface area (Å²) in [7, 11) is 1.57. The lowest BCUT2D eigenvalue weighted by atomic mass is 10.2. The summed E-state index contributed by atoms with van der Waals surface area (Å²) in [6, 6.07) is 0.861. The SMILES string of the molecule is Cn1nncc1-n1cc(C(=O)O)c(=O)c2cc(F)c(Cl)nc21. The molecule has 0 aliphatic carbocycles. The molecular weight excluding hydrogens is 317 g/mol. The van der Waals surface area contributed by atoms with Crippen molar-refractivity contribution in [2.75, 3.05) is 0 Å². The van der Waals surface area contributed by atoms with Crippen LogP contribution in [0.2, 0.25) is 5.15 Å². The van der Waals surface area contributed by atoms with E-state index in [0.29, 0.717) is 5.82 Å². The van der Waals surface area contributed by atoms with E-state index < -0.39 is 27.9 Å². The average Bonchev–Trinajstić information content (AvgIpc) is 2.87. The predicted octanol–water partition coefficient (Wildman–Crippen LogP) is 1.00. The second-order valence-corrected chi connectivity index (χ2v) is 4.75. The average molecular weight is 324 g/mol. The molecule has 0 unspecified atom stereocenters. The van der Waals surface area contributed by atoms with Gasteiger partial charge in [-0.3, -0.25) is 9.36 Å². The molecule has 3 rings (SSSR count). The Labute approximate surface area is 126 Å². The van der Waals surface area contributed by atoms with E-state index in [0.717, 1.165) is 12.3 Å². The summed E-state index contributed by atoms with van der Waals surface area (Å²) in [4.78, 5) is 27.2. The Balaban J connectivity index is 2.53. The first-order chi connectivity index (χ1) is 10.4. The molecule has 0 saturated heterocycles. The number of pyridine rings is 2. The summed E-state index contributed by atoms with van der Waals surface area (Å²) < 4.78 is 16.2. The number of hydrogen-bond donors (Lipinski definition) is 1. The molecule has 0 radical (unpaired) electrons. The highest BCUT2D eigenvalue weighted by molar-refractivity contribution is 6.29. The van der Waals surface area contributed by atoms with E-state index in [1.165, 1.54) is 15.4 Å². The highest BCUT2D eigenvalue weighted by Crippen LogP contribution is 2.20. The molecule has 0 aliphatic heterocycles. The van der Waals surface area contributed by atoms with Gasteiger partial charge in [-0.25, -0.2) is 18.9 Å². The molecule has 3 heterocycles. The zero-order valence-electron chi connectivity index (χ0n) is 11.0. The maximum atomic E-state index is 13.6. The van der Waals surface area contributed by atoms with Crippen LogP contribution < -0.4 is 5.43 Å². The van der Waals surface area contributed by atoms with Gasteiger partial charge in [0.15, 0.2) is 22.4 Å². The molecule has 0 spiro atoms. The summed E-state index contributed by atoms with van der Waals surface area (Å²) in [5.74, 6) is -2.02. The first-order valence-corrected chi connectivity index (χ1v) is 6.27. The van der Waals surface area contributed by atoms with Gasteiger partial charge < -0.3 is 5.11 Å². The molecule has 22 heavy (non-hydrogen) atoms. The maximum Gasteiger partial charge on any atom is 0.341 e. The van der Waals surface area contributed by atoms with Crippen molar-refractivity contribution in [1.82, 2.24) is 24.5 Å². The van der Waals surface area contributed by atoms with Gasteiger partial charge in [0.1, 0.15) is 5.56 Å². The highest BCUT2D eigenvalue weighted by atomic mass is 35.5. The largest absolute Gasteiger partial charge is 0.477 e. The number of carboxylic acid groups (broad SMARTS) is 1. The Kier molecular flexibility index (Phi) is 3.14. The molecule has 0 atom stereocenters. The van der Waals surface area contributed by atoms with Crippen LogP contribution in [0, 0.1) is 5.82 Å². The number of halogens is 2. The van der Waals surface area contributed by atoms with Crippen LogP contribution in [0.15, 0.2) is 23.3 Å². The van der Waals surface area contributed by atoms with Crippen LogP contribution >= 0.6 is 11.6 Å². The van der Waals surface area contributed by atoms with Crippen molar-refractivity contribution in [2.24, 2.45) is 7.05 Å². The fourth-order valence-corrected chi connectivity index (χ4v) is 2.17. The second-order valence-electron chi connectivity index (χ2n) is 4.40. The Morgan fingerprint density at radius 2 is 2.18 bits per heavy atom. The fraction of sp³-hybridized carbons (Fsp3) is 0.0833. The molecule has 0 saturated carbocycles. The molecule has 1 N–H and O–H groups in total. The zero-order valence-corrected chi connectivity index (χ0v) is 11.7. The monoisotopic (exact) mass is 323 g/mol. The molecule has 0 aromatic carbocycles. The summed E-state index contributed by atoms with van der Waals surface area (Å²) in [6.45, 7) is 0. The molecule has 112 valence electrons. The van der Waals surface area contributed by atoms with Crippen LogP contribution in [0.4, 0.5) is 4.39 Å². The highest BCUT2D eigenvalue weighted by Gasteiger charge is 2.19. The van der Waals surface area contributed by atoms with Gasteiger partial charge in [-0.05, 0) is 6.07 Å². The van der Waals surface area contributed by atoms with Gasteiger partial charge in [0.05, 0.1) is 11.6 Å². The van der Waals surface area contributed by atoms with Crippen LogP contribution in [0.1, 0.15) is 10.4 Å². The number of hydrogen-bond acceptors (Lipinski definition) is 5. The summed E-state index contributed by atoms with van der Waals surface area (Å²) in [5, 5.41) is 15.9. The van der Waals surface area contributed by atoms with E-state index in [2.05, 4.69) is 15.3 Å². The van der Waals surface area contributed by atoms with Gasteiger partial charge >= 0.3 is 5.97 Å². The van der Waals surface area contributed by atoms with Crippen molar-refractivity contribution in [1.29, 1.82) is 0 Å². The van der Waals surface area contributed by atoms with E-state index in [1.807, 2.05) is 0 Å². The smallest absolute Gasteiger partial charge is 0.341 e. The van der Waals surface area contributed by atoms with E-state index >= 15 is 0 Å². The molecular formula is C12H7ClFN5O3. The molecule has 3 aromatic rings. The van der Waals surface area contributed by atoms with Gasteiger partial charge in [-0.1, -0.05) is 16.8 Å². The number of fused-ring (bicyclic) bond motifs is 1. The Hall–Kier alpha value is -2.81. The van der Waals surface area contributed by atoms with Gasteiger partial charge in [-0.2, -0.15) is 0 Å². The lowest BCUT2D eigenvalue weighted by molar-refractivity contribution is 0.0695. The maximum absolute atomic E-state index is 13.6. The molecule has 0 aliphatic rings. The van der Waals surface area contributed by atoms with Crippen LogP contribution in [-0.4, -0.2) is 35.6 Å². The van der Waals surface area contributed by atoms with Gasteiger partial charge in [0.2, 0.25) is 5.43 Å². The molecule has 3 aromatic heterocycles. The van der Waals surface area contributed by atoms with Crippen molar-refractivity contribution in [2.45, 2.75) is 0 Å². The van der Waals surface area contributed by atoms with Crippen molar-refractivity contribution in [3.05, 3.63) is 45.2 Å². The molecule has 0 amide bonds. The summed E-state index contributed by atoms with van der Waals surface area (Å²) >= 11 is 5.66. The number of carbonyl (C=O) groups is 1. The van der Waals surface area contributed by atoms with Crippen LogP contribution in [0.3, 0.4) is 0 Å². The molecule has 0 fully saturated rings. The fourth-order valence-electron chi connectivity index (χ4n) is 2.03. The van der Waals surface area contributed by atoms with Crippen LogP contribution in [0.25, 0.3) is 16.9 Å². The van der Waals surface area contributed by atoms with Gasteiger partial charge in [0, 0.05) is 13.2 Å². The van der Waals surface area contributed by atoms with Crippen LogP contribution in [-0.2, 0) is 7.05 Å². The van der Waals surface area contributed by atoms with Crippen molar-refractivity contribution >= 4 is 28.6 Å². The van der Waals surface area contributed by atoms with Crippen molar-refractivity contribution in [3.8, 4) is 5.82 Å². The minimum absolute atomic E-state index is 0.00630. The lowest BCUT2D eigenvalue weighted by Crippen LogP contribution is -2.20. The minimum Gasteiger partial charge on any atom is -0.477 e. The number of nitrogens with zero attached hydrogens (tertiary/aromatic N) is 5. The summed E-state index contributed by atoms with van der Waals surface area (Å²) in [5.41, 5.74) is -1.37. The first-order valence-electron chi connectivity index (χ1n) is 5.90. The van der Waals surface area contributed by atoms with Gasteiger partial charge in [0.25, 0.3) is 0 Å². The third kappa shape index (κ3) is 2.02. The third-order valence-corrected chi connectivity index (χ3v) is 3.32. The second kappa shape index (κ2) is 4.88. The van der Waals surface area contributed by atoms with E-state index in [9.17, 15) is 14.0 Å². The Morgan fingerprint density at radius 3 is 2.77 bits per heavy atom. The van der Waals surface area contributed by atoms with E-state index in [1.54, 1.807) is 7.05 Å². The Bertz CT molecular complexity index is 981. The van der Waals surface area contributed by atoms with Gasteiger partial charge in [-0.15, -0.1) is 5.10 Å². The van der Waals surface area contributed by atoms with Crippen LogP contribution in [0.5, 0.6) is 0 Å². The third-order valence-electron chi connectivity index (χ3n) is 3.06. The number of rotatable bonds is 2. The normalized spacial score (nSPS) is 11.0. The number of carboxylic acids is 1. The zero-order chi connectivity index (χ0) is 16.0. The number of aromatic carboxylic acids is 1. The molecule has 0 bridgehead atoms. The topological polar surface area (TPSA) is 103 Å².